The number of anilines is 2. The average molecular weight is 358 g/mol. The largest absolute Gasteiger partial charge is 0.382 e. The first-order valence-corrected chi connectivity index (χ1v) is 9.22. The maximum Gasteiger partial charge on any atom is 0.101 e. The Hall–Kier alpha value is -3.10. The number of aromatic nitrogens is 1. The van der Waals surface area contributed by atoms with Crippen molar-refractivity contribution in [2.45, 2.75) is 19.1 Å². The molecule has 0 bridgehead atoms. The molecule has 2 aromatic carbocycles. The van der Waals surface area contributed by atoms with Gasteiger partial charge in [0.2, 0.25) is 0 Å². The van der Waals surface area contributed by atoms with Crippen LogP contribution in [0.2, 0.25) is 0 Å². The minimum absolute atomic E-state index is 0.0799. The number of morpholine rings is 1. The topological polar surface area (TPSA) is 61.2 Å². The molecule has 3 aromatic rings. The molecule has 1 aromatic heterocycles. The van der Waals surface area contributed by atoms with Crippen LogP contribution in [0, 0.1) is 11.3 Å². The molecular weight excluding hydrogens is 336 g/mol. The predicted octanol–water partition coefficient (Wildman–Crippen LogP) is 3.81. The maximum atomic E-state index is 9.37. The number of hydrogen-bond donors (Lipinski definition) is 1. The highest BCUT2D eigenvalue weighted by Crippen LogP contribution is 2.30. The Bertz CT molecular complexity index is 967. The quantitative estimate of drug-likeness (QED) is 0.768. The molecule has 136 valence electrons. The van der Waals surface area contributed by atoms with E-state index in [9.17, 15) is 5.26 Å². The highest BCUT2D eigenvalue weighted by atomic mass is 16.5. The van der Waals surface area contributed by atoms with Gasteiger partial charge in [0.1, 0.15) is 6.07 Å². The van der Waals surface area contributed by atoms with Crippen molar-refractivity contribution in [1.82, 2.24) is 4.98 Å². The van der Waals surface area contributed by atoms with Crippen LogP contribution >= 0.6 is 0 Å². The van der Waals surface area contributed by atoms with Crippen LogP contribution in [0.5, 0.6) is 0 Å². The number of nitrogens with zero attached hydrogens (tertiary/aromatic N) is 3. The lowest BCUT2D eigenvalue weighted by molar-refractivity contribution is -0.00820. The molecule has 0 saturated carbocycles. The van der Waals surface area contributed by atoms with Crippen molar-refractivity contribution in [1.29, 1.82) is 5.26 Å². The van der Waals surface area contributed by atoms with Gasteiger partial charge in [0.15, 0.2) is 0 Å². The molecule has 0 aliphatic carbocycles. The lowest BCUT2D eigenvalue weighted by Gasteiger charge is -2.39. The zero-order chi connectivity index (χ0) is 18.6. The van der Waals surface area contributed by atoms with Crippen LogP contribution in [0.3, 0.4) is 0 Å². The highest BCUT2D eigenvalue weighted by Gasteiger charge is 2.26. The van der Waals surface area contributed by atoms with Gasteiger partial charge >= 0.3 is 0 Å². The Morgan fingerprint density at radius 3 is 2.81 bits per heavy atom. The summed E-state index contributed by atoms with van der Waals surface area (Å²) in [6, 6.07) is 20.3. The smallest absolute Gasteiger partial charge is 0.101 e. The van der Waals surface area contributed by atoms with Gasteiger partial charge in [0.05, 0.1) is 23.3 Å². The van der Waals surface area contributed by atoms with E-state index in [0.717, 1.165) is 41.9 Å². The molecule has 2 heterocycles. The van der Waals surface area contributed by atoms with E-state index in [0.29, 0.717) is 5.56 Å². The zero-order valence-corrected chi connectivity index (χ0v) is 15.3. The summed E-state index contributed by atoms with van der Waals surface area (Å²) < 4.78 is 6.14. The van der Waals surface area contributed by atoms with E-state index in [2.05, 4.69) is 40.3 Å². The fourth-order valence-corrected chi connectivity index (χ4v) is 3.67. The van der Waals surface area contributed by atoms with E-state index in [1.54, 1.807) is 6.20 Å². The molecule has 27 heavy (non-hydrogen) atoms. The second kappa shape index (κ2) is 7.65. The van der Waals surface area contributed by atoms with E-state index in [1.165, 1.54) is 0 Å². The number of benzene rings is 2. The van der Waals surface area contributed by atoms with Gasteiger partial charge in [0, 0.05) is 42.6 Å². The van der Waals surface area contributed by atoms with Gasteiger partial charge in [-0.1, -0.05) is 18.2 Å². The number of rotatable bonds is 4. The molecule has 1 aliphatic rings. The standard InChI is InChI=1S/C22H22N4O/c1-16-14-26(15-19(27-16)13-25-18-6-3-2-4-7-18)21-10-9-17(12-23)22-20(21)8-5-11-24-22/h2-11,16,19,25H,13-15H2,1H3/t16-,19+/m1/s1. The monoisotopic (exact) mass is 358 g/mol. The Balaban J connectivity index is 1.57. The van der Waals surface area contributed by atoms with Crippen molar-refractivity contribution < 1.29 is 4.74 Å². The van der Waals surface area contributed by atoms with E-state index in [1.807, 2.05) is 42.5 Å². The van der Waals surface area contributed by atoms with Crippen molar-refractivity contribution in [2.24, 2.45) is 0 Å². The first-order chi connectivity index (χ1) is 13.2. The van der Waals surface area contributed by atoms with Crippen LogP contribution in [-0.4, -0.2) is 36.8 Å². The number of pyridine rings is 1. The second-order valence-corrected chi connectivity index (χ2v) is 6.86. The molecule has 1 saturated heterocycles. The molecule has 1 N–H and O–H groups in total. The lowest BCUT2D eigenvalue weighted by Crippen LogP contribution is -2.49. The first-order valence-electron chi connectivity index (χ1n) is 9.22. The van der Waals surface area contributed by atoms with Gasteiger partial charge in [-0.2, -0.15) is 5.26 Å². The van der Waals surface area contributed by atoms with Crippen LogP contribution < -0.4 is 10.2 Å². The van der Waals surface area contributed by atoms with Crippen LogP contribution in [0.15, 0.2) is 60.8 Å². The highest BCUT2D eigenvalue weighted by molar-refractivity contribution is 5.95. The van der Waals surface area contributed by atoms with E-state index >= 15 is 0 Å². The number of nitriles is 1. The normalized spacial score (nSPS) is 19.6. The Labute approximate surface area is 159 Å². The van der Waals surface area contributed by atoms with E-state index in [-0.39, 0.29) is 12.2 Å². The SMILES string of the molecule is C[C@@H]1CN(c2ccc(C#N)c3ncccc23)C[C@H](CNc2ccccc2)O1. The van der Waals surface area contributed by atoms with Crippen LogP contribution in [0.25, 0.3) is 10.9 Å². The number of para-hydroxylation sites is 1. The maximum absolute atomic E-state index is 9.37. The summed E-state index contributed by atoms with van der Waals surface area (Å²) in [5.41, 5.74) is 3.57. The van der Waals surface area contributed by atoms with Crippen LogP contribution in [0.4, 0.5) is 11.4 Å². The van der Waals surface area contributed by atoms with Crippen molar-refractivity contribution in [3.8, 4) is 6.07 Å². The van der Waals surface area contributed by atoms with Crippen LogP contribution in [0.1, 0.15) is 12.5 Å². The number of nitrogens with one attached hydrogen (secondary N) is 1. The first kappa shape index (κ1) is 17.3. The molecular formula is C22H22N4O. The summed E-state index contributed by atoms with van der Waals surface area (Å²) in [5, 5.41) is 13.8. The minimum Gasteiger partial charge on any atom is -0.382 e. The fourth-order valence-electron chi connectivity index (χ4n) is 3.67. The van der Waals surface area contributed by atoms with Crippen molar-refractivity contribution in [3.05, 3.63) is 66.4 Å². The molecule has 0 amide bonds. The van der Waals surface area contributed by atoms with Gasteiger partial charge in [-0.3, -0.25) is 4.98 Å². The molecule has 2 atom stereocenters. The molecule has 0 spiro atoms. The molecule has 1 fully saturated rings. The van der Waals surface area contributed by atoms with Crippen molar-refractivity contribution >= 4 is 22.3 Å². The summed E-state index contributed by atoms with van der Waals surface area (Å²) in [6.07, 6.45) is 1.95. The second-order valence-electron chi connectivity index (χ2n) is 6.86. The predicted molar refractivity (Wildman–Crippen MR) is 108 cm³/mol. The van der Waals surface area contributed by atoms with Crippen LogP contribution in [-0.2, 0) is 4.74 Å². The van der Waals surface area contributed by atoms with Gasteiger partial charge in [-0.25, -0.2) is 0 Å². The molecule has 4 rings (SSSR count). The van der Waals surface area contributed by atoms with Crippen molar-refractivity contribution in [3.63, 3.8) is 0 Å². The molecule has 5 nitrogen and oxygen atoms in total. The van der Waals surface area contributed by atoms with Gasteiger partial charge in [-0.15, -0.1) is 0 Å². The lowest BCUT2D eigenvalue weighted by atomic mass is 10.1. The average Bonchev–Trinajstić information content (AvgIpc) is 2.72. The van der Waals surface area contributed by atoms with E-state index < -0.39 is 0 Å². The Morgan fingerprint density at radius 1 is 1.15 bits per heavy atom. The summed E-state index contributed by atoms with van der Waals surface area (Å²) in [5.74, 6) is 0. The summed E-state index contributed by atoms with van der Waals surface area (Å²) in [7, 11) is 0. The van der Waals surface area contributed by atoms with Gasteiger partial charge in [0.25, 0.3) is 0 Å². The Morgan fingerprint density at radius 2 is 2.00 bits per heavy atom. The number of ether oxygens (including phenoxy) is 1. The number of fused-ring (bicyclic) bond motifs is 1. The zero-order valence-electron chi connectivity index (χ0n) is 15.3. The summed E-state index contributed by atoms with van der Waals surface area (Å²) in [6.45, 7) is 4.46. The summed E-state index contributed by atoms with van der Waals surface area (Å²) >= 11 is 0. The third kappa shape index (κ3) is 3.71. The third-order valence-corrected chi connectivity index (χ3v) is 4.84. The number of hydrogen-bond acceptors (Lipinski definition) is 5. The minimum atomic E-state index is 0.0799. The Kier molecular flexibility index (Phi) is 4.91. The molecule has 1 aliphatic heterocycles. The molecule has 5 heteroatoms. The van der Waals surface area contributed by atoms with Gasteiger partial charge < -0.3 is 15.0 Å². The third-order valence-electron chi connectivity index (χ3n) is 4.84. The fraction of sp³-hybridized carbons (Fsp3) is 0.273. The van der Waals surface area contributed by atoms with Crippen molar-refractivity contribution in [2.75, 3.05) is 29.9 Å². The molecule has 0 unspecified atom stereocenters. The van der Waals surface area contributed by atoms with E-state index in [4.69, 9.17) is 4.74 Å². The summed E-state index contributed by atoms with van der Waals surface area (Å²) in [4.78, 5) is 6.77. The molecule has 0 radical (unpaired) electrons. The van der Waals surface area contributed by atoms with Gasteiger partial charge in [-0.05, 0) is 43.3 Å².